The lowest BCUT2D eigenvalue weighted by molar-refractivity contribution is 0.392. The molecule has 0 amide bonds. The molecule has 0 spiro atoms. The van der Waals surface area contributed by atoms with Gasteiger partial charge in [-0.25, -0.2) is 0 Å². The first-order chi connectivity index (χ1) is 8.26. The van der Waals surface area contributed by atoms with Crippen LogP contribution in [0.25, 0.3) is 0 Å². The van der Waals surface area contributed by atoms with E-state index in [1.54, 1.807) is 14.2 Å². The Hall–Kier alpha value is -1.66. The monoisotopic (exact) mass is 233 g/mol. The van der Waals surface area contributed by atoms with Crippen molar-refractivity contribution in [2.45, 2.75) is 19.4 Å². The predicted octanol–water partition coefficient (Wildman–Crippen LogP) is 2.38. The van der Waals surface area contributed by atoms with Gasteiger partial charge in [0.15, 0.2) is 0 Å². The summed E-state index contributed by atoms with van der Waals surface area (Å²) in [4.78, 5) is 0. The van der Waals surface area contributed by atoms with Gasteiger partial charge in [-0.1, -0.05) is 0 Å². The van der Waals surface area contributed by atoms with Gasteiger partial charge in [0, 0.05) is 18.0 Å². The normalized spacial score (nSPS) is 11.3. The van der Waals surface area contributed by atoms with Crippen LogP contribution in [0.3, 0.4) is 0 Å². The second-order valence-electron chi connectivity index (χ2n) is 3.58. The summed E-state index contributed by atoms with van der Waals surface area (Å²) >= 11 is 0. The van der Waals surface area contributed by atoms with Gasteiger partial charge < -0.3 is 14.8 Å². The van der Waals surface area contributed by atoms with Gasteiger partial charge >= 0.3 is 0 Å². The number of ether oxygens (including phenoxy) is 2. The van der Waals surface area contributed by atoms with Crippen molar-refractivity contribution >= 4 is 0 Å². The van der Waals surface area contributed by atoms with E-state index in [4.69, 9.17) is 9.47 Å². The van der Waals surface area contributed by atoms with Crippen molar-refractivity contribution < 1.29 is 9.47 Å². The molecule has 0 fully saturated rings. The Morgan fingerprint density at radius 1 is 1.29 bits per heavy atom. The van der Waals surface area contributed by atoms with E-state index in [1.807, 2.05) is 32.2 Å². The fourth-order valence-electron chi connectivity index (χ4n) is 1.68. The van der Waals surface area contributed by atoms with Gasteiger partial charge in [-0.2, -0.15) is 0 Å². The van der Waals surface area contributed by atoms with Crippen LogP contribution in [0.2, 0.25) is 0 Å². The van der Waals surface area contributed by atoms with Crippen LogP contribution in [-0.4, -0.2) is 21.3 Å². The number of methoxy groups -OCH3 is 2. The topological polar surface area (TPSA) is 30.5 Å². The van der Waals surface area contributed by atoms with Crippen LogP contribution in [0.4, 0.5) is 0 Å². The zero-order valence-electron chi connectivity index (χ0n) is 10.8. The molecule has 0 saturated heterocycles. The van der Waals surface area contributed by atoms with Gasteiger partial charge in [0.1, 0.15) is 11.5 Å². The molecule has 0 aliphatic rings. The maximum atomic E-state index is 5.36. The van der Waals surface area contributed by atoms with Crippen LogP contribution in [0.15, 0.2) is 18.2 Å². The molecule has 1 unspecified atom stereocenters. The first kappa shape index (κ1) is 13.4. The standard InChI is InChI=1S/C14H19NO2/c1-5-6-7-13(15-2)12-10-11(16-3)8-9-14(12)17-4/h8-10,13,15H,7H2,1-4H3. The quantitative estimate of drug-likeness (QED) is 0.792. The van der Waals surface area contributed by atoms with Crippen molar-refractivity contribution in [1.82, 2.24) is 5.32 Å². The summed E-state index contributed by atoms with van der Waals surface area (Å²) < 4.78 is 10.6. The summed E-state index contributed by atoms with van der Waals surface area (Å²) in [5.74, 6) is 7.66. The smallest absolute Gasteiger partial charge is 0.123 e. The van der Waals surface area contributed by atoms with Gasteiger partial charge in [0.05, 0.1) is 14.2 Å². The van der Waals surface area contributed by atoms with Gasteiger partial charge in [-0.15, -0.1) is 11.8 Å². The van der Waals surface area contributed by atoms with Gasteiger partial charge in [-0.3, -0.25) is 0 Å². The molecular formula is C14H19NO2. The molecule has 0 radical (unpaired) electrons. The van der Waals surface area contributed by atoms with E-state index in [0.717, 1.165) is 23.5 Å². The summed E-state index contributed by atoms with van der Waals surface area (Å²) in [6.45, 7) is 1.84. The van der Waals surface area contributed by atoms with Gasteiger partial charge in [0.2, 0.25) is 0 Å². The number of hydrogen-bond acceptors (Lipinski definition) is 3. The molecule has 0 aliphatic heterocycles. The molecule has 0 aromatic heterocycles. The highest BCUT2D eigenvalue weighted by molar-refractivity contribution is 5.42. The summed E-state index contributed by atoms with van der Waals surface area (Å²) in [7, 11) is 5.25. The molecule has 1 N–H and O–H groups in total. The lowest BCUT2D eigenvalue weighted by Crippen LogP contribution is -2.16. The van der Waals surface area contributed by atoms with Crippen LogP contribution in [-0.2, 0) is 0 Å². The first-order valence-corrected chi connectivity index (χ1v) is 5.55. The molecule has 0 bridgehead atoms. The molecule has 0 aliphatic carbocycles. The van der Waals surface area contributed by atoms with Crippen LogP contribution < -0.4 is 14.8 Å². The second kappa shape index (κ2) is 6.82. The lowest BCUT2D eigenvalue weighted by atomic mass is 10.0. The van der Waals surface area contributed by atoms with Crippen molar-refractivity contribution in [2.24, 2.45) is 0 Å². The Labute approximate surface area is 103 Å². The third-order valence-corrected chi connectivity index (χ3v) is 2.64. The highest BCUT2D eigenvalue weighted by Crippen LogP contribution is 2.30. The van der Waals surface area contributed by atoms with E-state index in [0.29, 0.717) is 0 Å². The maximum absolute atomic E-state index is 5.36. The molecule has 1 rings (SSSR count). The van der Waals surface area contributed by atoms with Gasteiger partial charge in [0.25, 0.3) is 0 Å². The fourth-order valence-corrected chi connectivity index (χ4v) is 1.68. The predicted molar refractivity (Wildman–Crippen MR) is 69.4 cm³/mol. The van der Waals surface area contributed by atoms with E-state index in [-0.39, 0.29) is 6.04 Å². The molecule has 0 saturated carbocycles. The average Bonchev–Trinajstić information content (AvgIpc) is 2.39. The number of rotatable bonds is 5. The molecular weight excluding hydrogens is 214 g/mol. The first-order valence-electron chi connectivity index (χ1n) is 5.55. The Kier molecular flexibility index (Phi) is 5.38. The highest BCUT2D eigenvalue weighted by Gasteiger charge is 2.14. The van der Waals surface area contributed by atoms with E-state index >= 15 is 0 Å². The third-order valence-electron chi connectivity index (χ3n) is 2.64. The molecule has 17 heavy (non-hydrogen) atoms. The Morgan fingerprint density at radius 2 is 2.06 bits per heavy atom. The summed E-state index contributed by atoms with van der Waals surface area (Å²) in [6, 6.07) is 5.93. The Bertz CT molecular complexity index is 418. The van der Waals surface area contributed by atoms with E-state index < -0.39 is 0 Å². The Balaban J connectivity index is 3.08. The van der Waals surface area contributed by atoms with Crippen molar-refractivity contribution in [3.8, 4) is 23.3 Å². The van der Waals surface area contributed by atoms with Crippen LogP contribution in [0, 0.1) is 11.8 Å². The molecule has 1 aromatic carbocycles. The minimum Gasteiger partial charge on any atom is -0.497 e. The van der Waals surface area contributed by atoms with Gasteiger partial charge in [-0.05, 0) is 32.2 Å². The van der Waals surface area contributed by atoms with Crippen LogP contribution in [0.1, 0.15) is 24.9 Å². The maximum Gasteiger partial charge on any atom is 0.123 e. The SMILES string of the molecule is CC#CCC(NC)c1cc(OC)ccc1OC. The fraction of sp³-hybridized carbons (Fsp3) is 0.429. The van der Waals surface area contributed by atoms with Crippen molar-refractivity contribution in [1.29, 1.82) is 0 Å². The number of hydrogen-bond donors (Lipinski definition) is 1. The molecule has 92 valence electrons. The lowest BCUT2D eigenvalue weighted by Gasteiger charge is -2.18. The second-order valence-corrected chi connectivity index (χ2v) is 3.58. The zero-order chi connectivity index (χ0) is 12.7. The largest absolute Gasteiger partial charge is 0.497 e. The molecule has 1 atom stereocenters. The minimum atomic E-state index is 0.146. The van der Waals surface area contributed by atoms with Crippen molar-refractivity contribution in [3.63, 3.8) is 0 Å². The average molecular weight is 233 g/mol. The molecule has 3 heteroatoms. The summed E-state index contributed by atoms with van der Waals surface area (Å²) in [5.41, 5.74) is 1.07. The van der Waals surface area contributed by atoms with E-state index in [1.165, 1.54) is 0 Å². The Morgan fingerprint density at radius 3 is 2.59 bits per heavy atom. The number of nitrogens with one attached hydrogen (secondary N) is 1. The molecule has 3 nitrogen and oxygen atoms in total. The van der Waals surface area contributed by atoms with E-state index in [2.05, 4.69) is 17.2 Å². The zero-order valence-corrected chi connectivity index (χ0v) is 10.8. The van der Waals surface area contributed by atoms with E-state index in [9.17, 15) is 0 Å². The van der Waals surface area contributed by atoms with Crippen LogP contribution in [0.5, 0.6) is 11.5 Å². The van der Waals surface area contributed by atoms with Crippen LogP contribution >= 0.6 is 0 Å². The summed E-state index contributed by atoms with van der Waals surface area (Å²) in [5, 5.41) is 3.24. The molecule has 0 heterocycles. The minimum absolute atomic E-state index is 0.146. The molecule has 1 aromatic rings. The summed E-state index contributed by atoms with van der Waals surface area (Å²) in [6.07, 6.45) is 0.747. The number of benzene rings is 1. The third kappa shape index (κ3) is 3.40. The van der Waals surface area contributed by atoms with Crippen molar-refractivity contribution in [2.75, 3.05) is 21.3 Å². The highest BCUT2D eigenvalue weighted by atomic mass is 16.5. The van der Waals surface area contributed by atoms with Crippen molar-refractivity contribution in [3.05, 3.63) is 23.8 Å².